The van der Waals surface area contributed by atoms with Gasteiger partial charge in [0.15, 0.2) is 0 Å². The van der Waals surface area contributed by atoms with Gasteiger partial charge in [-0.25, -0.2) is 9.19 Å². The topological polar surface area (TPSA) is 80.5 Å². The van der Waals surface area contributed by atoms with E-state index in [1.165, 1.54) is 12.1 Å². The highest BCUT2D eigenvalue weighted by Gasteiger charge is 2.31. The quantitative estimate of drug-likeness (QED) is 0.192. The van der Waals surface area contributed by atoms with Crippen molar-refractivity contribution in [3.8, 4) is 28.3 Å². The highest BCUT2D eigenvalue weighted by molar-refractivity contribution is 7.96. The summed E-state index contributed by atoms with van der Waals surface area (Å²) in [4.78, 5) is 12.3. The lowest BCUT2D eigenvalue weighted by Gasteiger charge is -2.17. The number of halogens is 3. The lowest BCUT2D eigenvalue weighted by atomic mass is 9.87. The van der Waals surface area contributed by atoms with E-state index in [-0.39, 0.29) is 11.8 Å². The minimum absolute atomic E-state index is 0.262. The number of fused-ring (bicyclic) bond motifs is 3. The van der Waals surface area contributed by atoms with Crippen molar-refractivity contribution in [2.45, 2.75) is 33.1 Å². The number of aryl methyl sites for hydroxylation is 4. The number of anilines is 1. The SMILES string of the molecule is Cc1cccc(C)c1NC(=O)NSN=Cc1ccc2c(c1)CCc1c-2nn(C)c1-c1ccc(OC(F)(F)F)cc1. The second-order valence-corrected chi connectivity index (χ2v) is 10.0. The largest absolute Gasteiger partial charge is 0.573 e. The van der Waals surface area contributed by atoms with E-state index in [1.807, 2.05) is 51.2 Å². The molecule has 3 aromatic carbocycles. The maximum absolute atomic E-state index is 12.5. The Kier molecular flexibility index (Phi) is 7.57. The van der Waals surface area contributed by atoms with Crippen LogP contribution in [0.3, 0.4) is 0 Å². The molecule has 0 atom stereocenters. The van der Waals surface area contributed by atoms with E-state index in [4.69, 9.17) is 5.10 Å². The normalized spacial score (nSPS) is 12.7. The zero-order valence-electron chi connectivity index (χ0n) is 22.0. The van der Waals surface area contributed by atoms with Crippen molar-refractivity contribution < 1.29 is 22.7 Å². The van der Waals surface area contributed by atoms with Crippen molar-refractivity contribution in [2.75, 3.05) is 5.32 Å². The summed E-state index contributed by atoms with van der Waals surface area (Å²) in [6.45, 7) is 3.88. The predicted octanol–water partition coefficient (Wildman–Crippen LogP) is 7.17. The molecule has 0 saturated heterocycles. The van der Waals surface area contributed by atoms with Gasteiger partial charge in [0, 0.05) is 35.6 Å². The van der Waals surface area contributed by atoms with E-state index in [9.17, 15) is 18.0 Å². The summed E-state index contributed by atoms with van der Waals surface area (Å²) in [6, 6.07) is 17.3. The average molecular weight is 566 g/mol. The smallest absolute Gasteiger partial charge is 0.406 e. The molecule has 40 heavy (non-hydrogen) atoms. The van der Waals surface area contributed by atoms with E-state index < -0.39 is 6.36 Å². The molecule has 1 aliphatic rings. The highest BCUT2D eigenvalue weighted by atomic mass is 32.2. The Balaban J connectivity index is 1.26. The number of carbonyl (C=O) groups is 1. The van der Waals surface area contributed by atoms with E-state index in [0.29, 0.717) is 0 Å². The predicted molar refractivity (Wildman–Crippen MR) is 151 cm³/mol. The molecule has 5 rings (SSSR count). The zero-order valence-corrected chi connectivity index (χ0v) is 22.8. The summed E-state index contributed by atoms with van der Waals surface area (Å²) >= 11 is 0.940. The molecule has 2 amide bonds. The molecule has 1 aromatic heterocycles. The first-order valence-electron chi connectivity index (χ1n) is 12.5. The maximum Gasteiger partial charge on any atom is 0.573 e. The second kappa shape index (κ2) is 11.1. The Hall–Kier alpha value is -4.25. The van der Waals surface area contributed by atoms with Gasteiger partial charge in [-0.15, -0.1) is 13.2 Å². The molecule has 0 aliphatic heterocycles. The summed E-state index contributed by atoms with van der Waals surface area (Å²) in [5.74, 6) is -0.262. The monoisotopic (exact) mass is 565 g/mol. The first-order valence-corrected chi connectivity index (χ1v) is 13.2. The number of carbonyl (C=O) groups excluding carboxylic acids is 1. The van der Waals surface area contributed by atoms with Crippen LogP contribution >= 0.6 is 12.1 Å². The molecule has 11 heteroatoms. The van der Waals surface area contributed by atoms with Gasteiger partial charge >= 0.3 is 12.4 Å². The Morgan fingerprint density at radius 1 is 1.07 bits per heavy atom. The van der Waals surface area contributed by atoms with Crippen LogP contribution in [0.2, 0.25) is 0 Å². The zero-order chi connectivity index (χ0) is 28.4. The standard InChI is InChI=1S/C29H26F3N5O2S/c1-17-5-4-6-18(2)25(17)34-28(38)36-40-33-16-19-7-13-23-21(15-19)10-14-24-26(23)35-37(3)27(24)20-8-11-22(12-9-20)39-29(30,31)32/h4-9,11-13,15-16H,10,14H2,1-3H3,(H2,34,36,38). The number of nitrogens with zero attached hydrogens (tertiary/aromatic N) is 3. The van der Waals surface area contributed by atoms with Crippen LogP contribution in [0.25, 0.3) is 22.5 Å². The Morgan fingerprint density at radius 2 is 1.80 bits per heavy atom. The number of urea groups is 1. The number of amides is 2. The van der Waals surface area contributed by atoms with Crippen LogP contribution < -0.4 is 14.8 Å². The van der Waals surface area contributed by atoms with Gasteiger partial charge in [-0.2, -0.15) is 5.10 Å². The number of nitrogens with one attached hydrogen (secondary N) is 2. The lowest BCUT2D eigenvalue weighted by molar-refractivity contribution is -0.274. The summed E-state index contributed by atoms with van der Waals surface area (Å²) in [5, 5.41) is 7.59. The molecule has 1 heterocycles. The molecule has 0 fully saturated rings. The number of para-hydroxylation sites is 1. The number of benzene rings is 3. The van der Waals surface area contributed by atoms with Crippen LogP contribution in [0.1, 0.15) is 27.8 Å². The molecule has 2 N–H and O–H groups in total. The molecular weight excluding hydrogens is 539 g/mol. The van der Waals surface area contributed by atoms with Crippen LogP contribution in [0.4, 0.5) is 23.7 Å². The minimum atomic E-state index is -4.73. The van der Waals surface area contributed by atoms with Gasteiger partial charge in [0.2, 0.25) is 0 Å². The van der Waals surface area contributed by atoms with Crippen molar-refractivity contribution in [1.29, 1.82) is 0 Å². The Labute approximate surface area is 233 Å². The van der Waals surface area contributed by atoms with Gasteiger partial charge in [-0.05, 0) is 79.3 Å². The van der Waals surface area contributed by atoms with Gasteiger partial charge < -0.3 is 10.1 Å². The second-order valence-electron chi connectivity index (χ2n) is 9.44. The van der Waals surface area contributed by atoms with Crippen molar-refractivity contribution in [2.24, 2.45) is 11.4 Å². The van der Waals surface area contributed by atoms with Crippen LogP contribution in [-0.4, -0.2) is 28.4 Å². The minimum Gasteiger partial charge on any atom is -0.406 e. The third kappa shape index (κ3) is 5.99. The van der Waals surface area contributed by atoms with E-state index in [0.717, 1.165) is 81.0 Å². The molecule has 0 radical (unpaired) electrons. The molecule has 206 valence electrons. The van der Waals surface area contributed by atoms with Gasteiger partial charge in [0.1, 0.15) is 5.75 Å². The van der Waals surface area contributed by atoms with Crippen molar-refractivity contribution in [1.82, 2.24) is 14.5 Å². The summed E-state index contributed by atoms with van der Waals surface area (Å²) in [5.41, 5.74) is 9.32. The van der Waals surface area contributed by atoms with Crippen LogP contribution in [0, 0.1) is 13.8 Å². The lowest BCUT2D eigenvalue weighted by Crippen LogP contribution is -2.23. The third-order valence-electron chi connectivity index (χ3n) is 6.65. The molecule has 0 saturated carbocycles. The van der Waals surface area contributed by atoms with E-state index in [1.54, 1.807) is 23.0 Å². The van der Waals surface area contributed by atoms with Gasteiger partial charge in [-0.3, -0.25) is 9.40 Å². The van der Waals surface area contributed by atoms with Gasteiger partial charge in [-0.1, -0.05) is 30.3 Å². The fraction of sp³-hybridized carbons (Fsp3) is 0.207. The van der Waals surface area contributed by atoms with Crippen molar-refractivity contribution in [3.05, 3.63) is 88.5 Å². The summed E-state index contributed by atoms with van der Waals surface area (Å²) < 4.78 is 50.3. The number of aromatic nitrogens is 2. The Bertz CT molecular complexity index is 1580. The van der Waals surface area contributed by atoms with E-state index in [2.05, 4.69) is 25.2 Å². The van der Waals surface area contributed by atoms with Crippen LogP contribution in [0.15, 0.2) is 65.1 Å². The van der Waals surface area contributed by atoms with Gasteiger partial charge in [0.05, 0.1) is 23.5 Å². The number of hydrogen-bond donors (Lipinski definition) is 2. The molecule has 0 bridgehead atoms. The first kappa shape index (κ1) is 27.3. The van der Waals surface area contributed by atoms with Gasteiger partial charge in [0.25, 0.3) is 0 Å². The Morgan fingerprint density at radius 3 is 2.50 bits per heavy atom. The highest BCUT2D eigenvalue weighted by Crippen LogP contribution is 2.39. The van der Waals surface area contributed by atoms with Crippen LogP contribution in [0.5, 0.6) is 5.75 Å². The molecule has 1 aliphatic carbocycles. The summed E-state index contributed by atoms with van der Waals surface area (Å²) in [6.07, 6.45) is -1.53. The fourth-order valence-corrected chi connectivity index (χ4v) is 5.25. The third-order valence-corrected chi connectivity index (χ3v) is 7.14. The molecule has 7 nitrogen and oxygen atoms in total. The van der Waals surface area contributed by atoms with Crippen molar-refractivity contribution >= 4 is 30.1 Å². The number of ether oxygens (including phenoxy) is 1. The maximum atomic E-state index is 12.5. The first-order chi connectivity index (χ1) is 19.1. The average Bonchev–Trinajstić information content (AvgIpc) is 3.24. The van der Waals surface area contributed by atoms with Crippen LogP contribution in [-0.2, 0) is 19.9 Å². The molecule has 0 unspecified atom stereocenters. The number of alkyl halides is 3. The van der Waals surface area contributed by atoms with Crippen molar-refractivity contribution in [3.63, 3.8) is 0 Å². The van der Waals surface area contributed by atoms with E-state index >= 15 is 0 Å². The fourth-order valence-electron chi connectivity index (χ4n) is 4.89. The number of rotatable bonds is 6. The molecule has 0 spiro atoms. The number of hydrogen-bond acceptors (Lipinski definition) is 5. The molecule has 4 aromatic rings. The summed E-state index contributed by atoms with van der Waals surface area (Å²) in [7, 11) is 1.83. The molecular formula is C29H26F3N5O2S.